The molecule has 10 unspecified atom stereocenters. The Kier molecular flexibility index (Phi) is 4.16. The van der Waals surface area contributed by atoms with Crippen LogP contribution in [0.2, 0.25) is 0 Å². The van der Waals surface area contributed by atoms with E-state index in [-0.39, 0.29) is 0 Å². The van der Waals surface area contributed by atoms with Gasteiger partial charge < -0.3 is 9.64 Å². The Labute approximate surface area is 175 Å². The summed E-state index contributed by atoms with van der Waals surface area (Å²) in [5.41, 5.74) is 0. The Morgan fingerprint density at radius 1 is 0.621 bits per heavy atom. The fourth-order valence-corrected chi connectivity index (χ4v) is 9.53. The van der Waals surface area contributed by atoms with Crippen LogP contribution >= 0.6 is 0 Å². The van der Waals surface area contributed by atoms with Crippen molar-refractivity contribution in [3.8, 4) is 0 Å². The van der Waals surface area contributed by atoms with E-state index in [2.05, 4.69) is 9.80 Å². The number of amides is 1. The third kappa shape index (κ3) is 2.42. The predicted octanol–water partition coefficient (Wildman–Crippen LogP) is 4.12. The Morgan fingerprint density at radius 3 is 2.28 bits per heavy atom. The van der Waals surface area contributed by atoms with Crippen LogP contribution in [0.1, 0.15) is 89.9 Å². The summed E-state index contributed by atoms with van der Waals surface area (Å²) in [6.45, 7) is 0. The van der Waals surface area contributed by atoms with Gasteiger partial charge in [-0.25, -0.2) is 0 Å². The lowest BCUT2D eigenvalue weighted by Gasteiger charge is -2.69. The van der Waals surface area contributed by atoms with Gasteiger partial charge in [0.2, 0.25) is 5.91 Å². The fourth-order valence-electron chi connectivity index (χ4n) is 9.53. The van der Waals surface area contributed by atoms with Gasteiger partial charge in [0, 0.05) is 18.0 Å². The predicted molar refractivity (Wildman–Crippen MR) is 111 cm³/mol. The number of fused-ring (bicyclic) bond motifs is 6. The van der Waals surface area contributed by atoms with Gasteiger partial charge in [0.25, 0.3) is 0 Å². The third-order valence-corrected chi connectivity index (χ3v) is 10.4. The Morgan fingerprint density at radius 2 is 1.31 bits per heavy atom. The molecule has 4 heteroatoms. The Balaban J connectivity index is 1.33. The van der Waals surface area contributed by atoms with E-state index in [1.807, 2.05) is 0 Å². The van der Waals surface area contributed by atoms with Crippen molar-refractivity contribution in [3.63, 3.8) is 0 Å². The van der Waals surface area contributed by atoms with Crippen LogP contribution in [0.3, 0.4) is 0 Å². The second-order valence-electron chi connectivity index (χ2n) is 11.5. The molecule has 0 bridgehead atoms. The van der Waals surface area contributed by atoms with Crippen LogP contribution < -0.4 is 0 Å². The van der Waals surface area contributed by atoms with Gasteiger partial charge in [0.1, 0.15) is 0 Å². The first-order valence-electron chi connectivity index (χ1n) is 13.1. The first kappa shape index (κ1) is 18.0. The van der Waals surface area contributed by atoms with E-state index < -0.39 is 0 Å². The number of carbonyl (C=O) groups is 1. The van der Waals surface area contributed by atoms with Crippen molar-refractivity contribution in [2.75, 3.05) is 0 Å². The van der Waals surface area contributed by atoms with Gasteiger partial charge in [0.05, 0.1) is 30.3 Å². The molecule has 4 nitrogen and oxygen atoms in total. The molecule has 1 amide bonds. The normalized spacial score (nSPS) is 54.1. The van der Waals surface area contributed by atoms with Crippen molar-refractivity contribution in [2.24, 2.45) is 17.8 Å². The van der Waals surface area contributed by atoms with E-state index in [1.54, 1.807) is 0 Å². The summed E-state index contributed by atoms with van der Waals surface area (Å²) in [4.78, 5) is 19.5. The van der Waals surface area contributed by atoms with Gasteiger partial charge in [-0.1, -0.05) is 32.1 Å². The molecule has 3 heterocycles. The van der Waals surface area contributed by atoms with Crippen LogP contribution in [0.25, 0.3) is 0 Å². The smallest absolute Gasteiger partial charge is 0.226 e. The average molecular weight is 399 g/mol. The zero-order valence-corrected chi connectivity index (χ0v) is 17.9. The highest BCUT2D eigenvalue weighted by atomic mass is 16.5. The van der Waals surface area contributed by atoms with Crippen LogP contribution in [0, 0.1) is 17.8 Å². The average Bonchev–Trinajstić information content (AvgIpc) is 2.78. The maximum atomic E-state index is 13.9. The molecule has 7 rings (SSSR count). The van der Waals surface area contributed by atoms with Crippen molar-refractivity contribution in [1.82, 2.24) is 9.80 Å². The minimum Gasteiger partial charge on any atom is -0.372 e. The summed E-state index contributed by atoms with van der Waals surface area (Å²) in [5.74, 6) is 2.39. The number of carbonyl (C=O) groups excluding carboxylic acids is 1. The van der Waals surface area contributed by atoms with Crippen molar-refractivity contribution in [2.45, 2.75) is 132 Å². The molecule has 7 aliphatic rings. The molecule has 0 spiro atoms. The molecular formula is C25H38N2O2. The third-order valence-electron chi connectivity index (χ3n) is 10.4. The van der Waals surface area contributed by atoms with Gasteiger partial charge >= 0.3 is 0 Å². The molecule has 4 saturated carbocycles. The monoisotopic (exact) mass is 398 g/mol. The number of piperidine rings is 1. The van der Waals surface area contributed by atoms with Gasteiger partial charge in [-0.15, -0.1) is 0 Å². The standard InChI is InChI=1S/C25H38N2O2/c28-25-17-8-2-1-7-15(17)16-9-5-11-19-23(16)27(25)20-12-6-14-22-24(20)26(19)18-10-3-4-13-21(18)29-22/h15-24H,1-14H2. The number of rotatable bonds is 0. The Hall–Kier alpha value is -0.610. The molecule has 10 atom stereocenters. The molecular weight excluding hydrogens is 360 g/mol. The summed E-state index contributed by atoms with van der Waals surface area (Å²) in [7, 11) is 0. The quantitative estimate of drug-likeness (QED) is 0.615. The fraction of sp³-hybridized carbons (Fsp3) is 0.960. The number of nitrogens with zero attached hydrogens (tertiary/aromatic N) is 2. The van der Waals surface area contributed by atoms with Crippen molar-refractivity contribution in [1.29, 1.82) is 0 Å². The lowest BCUT2D eigenvalue weighted by Crippen LogP contribution is -2.82. The van der Waals surface area contributed by atoms with Crippen molar-refractivity contribution >= 4 is 5.91 Å². The number of hydrogen-bond donors (Lipinski definition) is 0. The maximum absolute atomic E-state index is 13.9. The molecule has 3 saturated heterocycles. The van der Waals surface area contributed by atoms with Crippen molar-refractivity contribution < 1.29 is 9.53 Å². The largest absolute Gasteiger partial charge is 0.372 e. The number of morpholine rings is 1. The van der Waals surface area contributed by atoms with Gasteiger partial charge in [-0.05, 0) is 69.6 Å². The van der Waals surface area contributed by atoms with Crippen LogP contribution in [0.4, 0.5) is 0 Å². The first-order chi connectivity index (χ1) is 14.3. The van der Waals surface area contributed by atoms with E-state index >= 15 is 0 Å². The first-order valence-corrected chi connectivity index (χ1v) is 13.1. The summed E-state index contributed by atoms with van der Waals surface area (Å²) < 4.78 is 6.81. The molecule has 7 fully saturated rings. The molecule has 0 aromatic heterocycles. The minimum absolute atomic E-state index is 0.350. The summed E-state index contributed by atoms with van der Waals surface area (Å²) in [6.07, 6.45) is 19.1. The van der Waals surface area contributed by atoms with E-state index in [0.29, 0.717) is 60.2 Å². The number of piperazine rings is 1. The molecule has 0 radical (unpaired) electrons. The lowest BCUT2D eigenvalue weighted by atomic mass is 9.58. The second-order valence-corrected chi connectivity index (χ2v) is 11.5. The highest BCUT2D eigenvalue weighted by molar-refractivity contribution is 5.81. The maximum Gasteiger partial charge on any atom is 0.226 e. The van der Waals surface area contributed by atoms with E-state index in [0.717, 1.165) is 5.92 Å². The van der Waals surface area contributed by atoms with Crippen LogP contribution in [-0.2, 0) is 9.53 Å². The lowest BCUT2D eigenvalue weighted by molar-refractivity contribution is -0.251. The topological polar surface area (TPSA) is 32.8 Å². The second kappa shape index (κ2) is 6.69. The highest BCUT2D eigenvalue weighted by Crippen LogP contribution is 2.55. The van der Waals surface area contributed by atoms with Crippen molar-refractivity contribution in [3.05, 3.63) is 0 Å². The van der Waals surface area contributed by atoms with Gasteiger partial charge in [-0.3, -0.25) is 9.69 Å². The molecule has 0 N–H and O–H groups in total. The molecule has 160 valence electrons. The summed E-state index contributed by atoms with van der Waals surface area (Å²) in [5, 5.41) is 0. The summed E-state index contributed by atoms with van der Waals surface area (Å²) in [6, 6.07) is 2.71. The van der Waals surface area contributed by atoms with Gasteiger partial charge in [0.15, 0.2) is 0 Å². The molecule has 0 aromatic carbocycles. The molecule has 29 heavy (non-hydrogen) atoms. The molecule has 0 aromatic rings. The van der Waals surface area contributed by atoms with Crippen LogP contribution in [0.5, 0.6) is 0 Å². The zero-order valence-electron chi connectivity index (χ0n) is 17.9. The highest BCUT2D eigenvalue weighted by Gasteiger charge is 2.64. The number of hydrogen-bond acceptors (Lipinski definition) is 3. The molecule has 3 aliphatic heterocycles. The van der Waals surface area contributed by atoms with E-state index in [9.17, 15) is 4.79 Å². The van der Waals surface area contributed by atoms with Gasteiger partial charge in [-0.2, -0.15) is 0 Å². The molecule has 4 aliphatic carbocycles. The van der Waals surface area contributed by atoms with Crippen LogP contribution in [-0.4, -0.2) is 58.1 Å². The van der Waals surface area contributed by atoms with Crippen LogP contribution in [0.15, 0.2) is 0 Å². The number of ether oxygens (including phenoxy) is 1. The summed E-state index contributed by atoms with van der Waals surface area (Å²) >= 11 is 0. The zero-order chi connectivity index (χ0) is 19.1. The van der Waals surface area contributed by atoms with E-state index in [4.69, 9.17) is 4.74 Å². The minimum atomic E-state index is 0.350. The Bertz CT molecular complexity index is 682. The SMILES string of the molecule is O=C1C2CCCCC2C2CCCC3C2N1C1CCCC2OC4CCCCC4N3C21. The van der Waals surface area contributed by atoms with E-state index in [1.165, 1.54) is 89.9 Å².